The highest BCUT2D eigenvalue weighted by atomic mass is 32.1. The van der Waals surface area contributed by atoms with E-state index in [0.29, 0.717) is 6.04 Å². The number of unbranched alkanes of at least 4 members (excludes halogenated alkanes) is 1. The molecule has 2 heterocycles. The van der Waals surface area contributed by atoms with Gasteiger partial charge in [-0.3, -0.25) is 4.90 Å². The first-order valence-corrected chi connectivity index (χ1v) is 10.9. The summed E-state index contributed by atoms with van der Waals surface area (Å²) in [4.78, 5) is 3.99. The number of hydrogen-bond donors (Lipinski definition) is 2. The van der Waals surface area contributed by atoms with Crippen molar-refractivity contribution in [1.82, 2.24) is 10.2 Å². The van der Waals surface area contributed by atoms with E-state index in [1.54, 1.807) is 0 Å². The van der Waals surface area contributed by atoms with Crippen LogP contribution in [0.25, 0.3) is 0 Å². The highest BCUT2D eigenvalue weighted by Gasteiger charge is 2.20. The summed E-state index contributed by atoms with van der Waals surface area (Å²) < 4.78 is 0. The predicted octanol–water partition coefficient (Wildman–Crippen LogP) is 5.04. The van der Waals surface area contributed by atoms with Gasteiger partial charge in [0.2, 0.25) is 0 Å². The SMILES string of the molecule is CCCCc1ccc(NC(=S)NC2CCN(Cc3cccs3)CC2)cc1. The van der Waals surface area contributed by atoms with Crippen LogP contribution in [0.1, 0.15) is 43.0 Å². The van der Waals surface area contributed by atoms with E-state index in [-0.39, 0.29) is 0 Å². The number of nitrogens with one attached hydrogen (secondary N) is 2. The molecule has 0 radical (unpaired) electrons. The lowest BCUT2D eigenvalue weighted by Crippen LogP contribution is -2.45. The van der Waals surface area contributed by atoms with Gasteiger partial charge in [0.1, 0.15) is 0 Å². The van der Waals surface area contributed by atoms with E-state index in [0.717, 1.165) is 49.7 Å². The topological polar surface area (TPSA) is 27.3 Å². The van der Waals surface area contributed by atoms with Crippen molar-refractivity contribution in [1.29, 1.82) is 0 Å². The van der Waals surface area contributed by atoms with Crippen LogP contribution in [0.2, 0.25) is 0 Å². The highest BCUT2D eigenvalue weighted by molar-refractivity contribution is 7.80. The van der Waals surface area contributed by atoms with Crippen LogP contribution in [0.15, 0.2) is 41.8 Å². The molecular formula is C21H29N3S2. The third-order valence-corrected chi connectivity index (χ3v) is 5.99. The maximum Gasteiger partial charge on any atom is 0.170 e. The standard InChI is InChI=1S/C21H29N3S2/c1-2-3-5-17-7-9-18(10-8-17)22-21(25)23-19-11-13-24(14-12-19)16-20-6-4-15-26-20/h4,6-10,15,19H,2-3,5,11-14,16H2,1H3,(H2,22,23,25). The Kier molecular flexibility index (Phi) is 7.47. The lowest BCUT2D eigenvalue weighted by Gasteiger charge is -2.32. The molecular weight excluding hydrogens is 358 g/mol. The van der Waals surface area contributed by atoms with Gasteiger partial charge in [0.15, 0.2) is 5.11 Å². The highest BCUT2D eigenvalue weighted by Crippen LogP contribution is 2.17. The normalized spacial score (nSPS) is 15.7. The molecule has 3 rings (SSSR count). The molecule has 1 aliphatic rings. The van der Waals surface area contributed by atoms with Gasteiger partial charge in [-0.2, -0.15) is 0 Å². The van der Waals surface area contributed by atoms with Crippen molar-refractivity contribution in [3.05, 3.63) is 52.2 Å². The number of anilines is 1. The monoisotopic (exact) mass is 387 g/mol. The molecule has 140 valence electrons. The minimum Gasteiger partial charge on any atom is -0.360 e. The van der Waals surface area contributed by atoms with Gasteiger partial charge in [0.05, 0.1) is 0 Å². The molecule has 1 aliphatic heterocycles. The van der Waals surface area contributed by atoms with E-state index in [4.69, 9.17) is 12.2 Å². The number of piperidine rings is 1. The average molecular weight is 388 g/mol. The second-order valence-corrected chi connectivity index (χ2v) is 8.47. The van der Waals surface area contributed by atoms with Gasteiger partial charge in [0, 0.05) is 36.2 Å². The van der Waals surface area contributed by atoms with Gasteiger partial charge in [-0.1, -0.05) is 31.5 Å². The van der Waals surface area contributed by atoms with Crippen molar-refractivity contribution < 1.29 is 0 Å². The van der Waals surface area contributed by atoms with Crippen molar-refractivity contribution in [3.8, 4) is 0 Å². The van der Waals surface area contributed by atoms with Crippen LogP contribution >= 0.6 is 23.6 Å². The number of thiocarbonyl (C=S) groups is 1. The number of hydrogen-bond acceptors (Lipinski definition) is 3. The van der Waals surface area contributed by atoms with E-state index in [2.05, 4.69) is 64.2 Å². The number of nitrogens with zero attached hydrogens (tertiary/aromatic N) is 1. The van der Waals surface area contributed by atoms with Crippen LogP contribution in [-0.2, 0) is 13.0 Å². The average Bonchev–Trinajstić information content (AvgIpc) is 3.16. The Bertz CT molecular complexity index is 659. The summed E-state index contributed by atoms with van der Waals surface area (Å²) in [5, 5.41) is 9.72. The van der Waals surface area contributed by atoms with Gasteiger partial charge in [-0.15, -0.1) is 11.3 Å². The van der Waals surface area contributed by atoms with Crippen LogP contribution in [0.5, 0.6) is 0 Å². The molecule has 1 saturated heterocycles. The fraction of sp³-hybridized carbons (Fsp3) is 0.476. The Hall–Kier alpha value is -1.43. The second kappa shape index (κ2) is 10.0. The fourth-order valence-electron chi connectivity index (χ4n) is 3.35. The maximum absolute atomic E-state index is 5.51. The van der Waals surface area contributed by atoms with E-state index in [1.807, 2.05) is 11.3 Å². The molecule has 0 unspecified atom stereocenters. The third kappa shape index (κ3) is 6.08. The number of aryl methyl sites for hydroxylation is 1. The zero-order chi connectivity index (χ0) is 18.2. The minimum absolute atomic E-state index is 0.471. The molecule has 0 aliphatic carbocycles. The Morgan fingerprint density at radius 3 is 2.62 bits per heavy atom. The van der Waals surface area contributed by atoms with Crippen molar-refractivity contribution >= 4 is 34.4 Å². The van der Waals surface area contributed by atoms with Crippen LogP contribution in [-0.4, -0.2) is 29.1 Å². The molecule has 5 heteroatoms. The first-order chi connectivity index (χ1) is 12.7. The van der Waals surface area contributed by atoms with E-state index >= 15 is 0 Å². The summed E-state index contributed by atoms with van der Waals surface area (Å²) >= 11 is 7.35. The van der Waals surface area contributed by atoms with E-state index < -0.39 is 0 Å². The smallest absolute Gasteiger partial charge is 0.170 e. The van der Waals surface area contributed by atoms with Crippen LogP contribution in [0.3, 0.4) is 0 Å². The summed E-state index contributed by atoms with van der Waals surface area (Å²) in [5.41, 5.74) is 2.47. The van der Waals surface area contributed by atoms with Gasteiger partial charge >= 0.3 is 0 Å². The molecule has 2 N–H and O–H groups in total. The fourth-order valence-corrected chi connectivity index (χ4v) is 4.38. The Labute approximate surface area is 166 Å². The molecule has 0 atom stereocenters. The van der Waals surface area contributed by atoms with Crippen LogP contribution in [0.4, 0.5) is 5.69 Å². The summed E-state index contributed by atoms with van der Waals surface area (Å²) in [6.45, 7) is 5.57. The molecule has 3 nitrogen and oxygen atoms in total. The maximum atomic E-state index is 5.51. The Morgan fingerprint density at radius 2 is 1.96 bits per heavy atom. The first-order valence-electron chi connectivity index (χ1n) is 9.64. The number of rotatable bonds is 7. The molecule has 0 saturated carbocycles. The summed E-state index contributed by atoms with van der Waals surface area (Å²) in [7, 11) is 0. The summed E-state index contributed by atoms with van der Waals surface area (Å²) in [5.74, 6) is 0. The van der Waals surface area contributed by atoms with Crippen LogP contribution in [0, 0.1) is 0 Å². The van der Waals surface area contributed by atoms with Crippen molar-refractivity contribution in [2.45, 2.75) is 51.6 Å². The van der Waals surface area contributed by atoms with Gasteiger partial charge < -0.3 is 10.6 Å². The summed E-state index contributed by atoms with van der Waals surface area (Å²) in [6, 6.07) is 13.5. The van der Waals surface area contributed by atoms with Crippen molar-refractivity contribution in [2.75, 3.05) is 18.4 Å². The largest absolute Gasteiger partial charge is 0.360 e. The van der Waals surface area contributed by atoms with E-state index in [1.165, 1.54) is 23.3 Å². The molecule has 1 aromatic heterocycles. The van der Waals surface area contributed by atoms with Gasteiger partial charge in [-0.25, -0.2) is 0 Å². The molecule has 0 amide bonds. The quantitative estimate of drug-likeness (QED) is 0.651. The molecule has 26 heavy (non-hydrogen) atoms. The number of likely N-dealkylation sites (tertiary alicyclic amines) is 1. The zero-order valence-corrected chi connectivity index (χ0v) is 17.2. The third-order valence-electron chi connectivity index (χ3n) is 4.91. The minimum atomic E-state index is 0.471. The van der Waals surface area contributed by atoms with Gasteiger partial charge in [-0.05, 0) is 67.0 Å². The Balaban J connectivity index is 1.38. The van der Waals surface area contributed by atoms with Gasteiger partial charge in [0.25, 0.3) is 0 Å². The Morgan fingerprint density at radius 1 is 1.19 bits per heavy atom. The molecule has 0 spiro atoms. The predicted molar refractivity (Wildman–Crippen MR) is 117 cm³/mol. The number of thiophene rings is 1. The first kappa shape index (κ1) is 19.3. The second-order valence-electron chi connectivity index (χ2n) is 7.03. The molecule has 1 aromatic carbocycles. The van der Waals surface area contributed by atoms with Crippen LogP contribution < -0.4 is 10.6 Å². The molecule has 0 bridgehead atoms. The number of benzene rings is 1. The molecule has 1 fully saturated rings. The van der Waals surface area contributed by atoms with Crippen molar-refractivity contribution in [3.63, 3.8) is 0 Å². The lowest BCUT2D eigenvalue weighted by atomic mass is 10.1. The van der Waals surface area contributed by atoms with E-state index in [9.17, 15) is 0 Å². The zero-order valence-electron chi connectivity index (χ0n) is 15.5. The lowest BCUT2D eigenvalue weighted by molar-refractivity contribution is 0.201. The molecule has 2 aromatic rings. The summed E-state index contributed by atoms with van der Waals surface area (Å²) in [6.07, 6.45) is 5.92. The van der Waals surface area contributed by atoms with Crippen molar-refractivity contribution in [2.24, 2.45) is 0 Å².